The molecule has 7 nitrogen and oxygen atoms in total. The topological polar surface area (TPSA) is 67.2 Å². The first-order valence-corrected chi connectivity index (χ1v) is 9.32. The van der Waals surface area contributed by atoms with E-state index >= 15 is 0 Å². The van der Waals surface area contributed by atoms with E-state index in [-0.39, 0.29) is 11.9 Å². The minimum atomic E-state index is 0.100. The van der Waals surface area contributed by atoms with Crippen LogP contribution >= 0.6 is 11.6 Å². The van der Waals surface area contributed by atoms with Gasteiger partial charge in [0.05, 0.1) is 12.7 Å². The molecule has 1 amide bonds. The van der Waals surface area contributed by atoms with Crippen molar-refractivity contribution in [3.8, 4) is 0 Å². The first-order chi connectivity index (χ1) is 12.5. The number of carbonyl (C=O) groups excluding carboxylic acids is 1. The Balaban J connectivity index is 1.62. The second-order valence-electron chi connectivity index (χ2n) is 6.81. The van der Waals surface area contributed by atoms with Gasteiger partial charge in [-0.25, -0.2) is 15.0 Å². The summed E-state index contributed by atoms with van der Waals surface area (Å²) in [6, 6.07) is 0.239. The smallest absolute Gasteiger partial charge is 0.219 e. The number of nitrogens with zero attached hydrogens (tertiary/aromatic N) is 6. The number of amides is 1. The van der Waals surface area contributed by atoms with E-state index in [1.165, 1.54) is 6.33 Å². The fraction of sp³-hybridized carbons (Fsp3) is 0.556. The zero-order valence-corrected chi connectivity index (χ0v) is 16.1. The van der Waals surface area contributed by atoms with Crippen LogP contribution in [0.2, 0.25) is 5.15 Å². The summed E-state index contributed by atoms with van der Waals surface area (Å²) in [6.45, 7) is 4.92. The summed E-state index contributed by atoms with van der Waals surface area (Å²) in [7, 11) is 1.94. The van der Waals surface area contributed by atoms with E-state index in [1.54, 1.807) is 25.5 Å². The molecule has 1 atom stereocenters. The third kappa shape index (κ3) is 4.59. The minimum Gasteiger partial charge on any atom is -0.335 e. The molecule has 8 heteroatoms. The molecule has 26 heavy (non-hydrogen) atoms. The van der Waals surface area contributed by atoms with E-state index in [9.17, 15) is 4.79 Å². The van der Waals surface area contributed by atoms with E-state index < -0.39 is 0 Å². The first-order valence-electron chi connectivity index (χ1n) is 8.94. The second-order valence-corrected chi connectivity index (χ2v) is 7.20. The molecular weight excluding hydrogens is 352 g/mol. The highest BCUT2D eigenvalue weighted by Crippen LogP contribution is 2.21. The normalized spacial score (nSPS) is 18.5. The maximum absolute atomic E-state index is 12.2. The Hall–Kier alpha value is -1.99. The van der Waals surface area contributed by atoms with E-state index in [4.69, 9.17) is 11.6 Å². The number of carbonyl (C=O) groups is 1. The minimum absolute atomic E-state index is 0.100. The van der Waals surface area contributed by atoms with Gasteiger partial charge in [-0.05, 0) is 25.8 Å². The van der Waals surface area contributed by atoms with Crippen LogP contribution in [-0.4, -0.2) is 54.4 Å². The highest BCUT2D eigenvalue weighted by molar-refractivity contribution is 6.29. The lowest BCUT2D eigenvalue weighted by atomic mass is 10.1. The number of imidazole rings is 1. The van der Waals surface area contributed by atoms with Crippen molar-refractivity contribution in [1.29, 1.82) is 0 Å². The largest absolute Gasteiger partial charge is 0.335 e. The molecule has 1 fully saturated rings. The zero-order valence-electron chi connectivity index (χ0n) is 15.3. The molecule has 0 radical (unpaired) electrons. The summed E-state index contributed by atoms with van der Waals surface area (Å²) in [4.78, 5) is 29.1. The van der Waals surface area contributed by atoms with E-state index in [2.05, 4.69) is 19.9 Å². The Bertz CT molecular complexity index is 735. The third-order valence-electron chi connectivity index (χ3n) is 5.00. The van der Waals surface area contributed by atoms with Gasteiger partial charge >= 0.3 is 0 Å². The molecule has 3 heterocycles. The highest BCUT2D eigenvalue weighted by atomic mass is 35.5. The molecule has 1 saturated heterocycles. The fourth-order valence-corrected chi connectivity index (χ4v) is 3.63. The van der Waals surface area contributed by atoms with Gasteiger partial charge in [-0.3, -0.25) is 9.69 Å². The van der Waals surface area contributed by atoms with Crippen molar-refractivity contribution < 1.29 is 4.79 Å². The van der Waals surface area contributed by atoms with Gasteiger partial charge in [-0.2, -0.15) is 0 Å². The molecule has 0 aromatic carbocycles. The fourth-order valence-electron chi connectivity index (χ4n) is 3.49. The summed E-state index contributed by atoms with van der Waals surface area (Å²) in [5.74, 6) is 1.07. The lowest BCUT2D eigenvalue weighted by Gasteiger charge is -2.30. The predicted octanol–water partition coefficient (Wildman–Crippen LogP) is 2.27. The molecule has 140 valence electrons. The number of hydrogen-bond donors (Lipinski definition) is 0. The van der Waals surface area contributed by atoms with Gasteiger partial charge in [0.1, 0.15) is 17.3 Å². The zero-order chi connectivity index (χ0) is 18.5. The number of hydrogen-bond acceptors (Lipinski definition) is 5. The van der Waals surface area contributed by atoms with Crippen LogP contribution in [0.25, 0.3) is 0 Å². The molecule has 3 rings (SSSR count). The monoisotopic (exact) mass is 376 g/mol. The Kier molecular flexibility index (Phi) is 6.21. The quantitative estimate of drug-likeness (QED) is 0.800. The molecule has 0 saturated carbocycles. The third-order valence-corrected chi connectivity index (χ3v) is 5.35. The Morgan fingerprint density at radius 1 is 1.27 bits per heavy atom. The van der Waals surface area contributed by atoms with Crippen molar-refractivity contribution in [3.05, 3.63) is 41.5 Å². The number of likely N-dealkylation sites (tertiary alicyclic amines) is 1. The van der Waals surface area contributed by atoms with Crippen molar-refractivity contribution >= 4 is 17.5 Å². The molecule has 0 bridgehead atoms. The Morgan fingerprint density at radius 3 is 2.69 bits per heavy atom. The van der Waals surface area contributed by atoms with Gasteiger partial charge in [0.15, 0.2) is 0 Å². The summed E-state index contributed by atoms with van der Waals surface area (Å²) >= 11 is 6.08. The summed E-state index contributed by atoms with van der Waals surface area (Å²) in [5.41, 5.74) is 0.964. The van der Waals surface area contributed by atoms with Crippen LogP contribution in [0.4, 0.5) is 0 Å². The lowest BCUT2D eigenvalue weighted by molar-refractivity contribution is -0.132. The SMILES string of the molecule is CC(=O)N(Cc1cncnc1)[C@H]1CCCN(Cc2ncc(Cl)n2C)CC1. The maximum atomic E-state index is 12.2. The average molecular weight is 377 g/mol. The van der Waals surface area contributed by atoms with E-state index in [0.29, 0.717) is 11.7 Å². The van der Waals surface area contributed by atoms with Crippen LogP contribution in [0, 0.1) is 0 Å². The molecule has 0 N–H and O–H groups in total. The van der Waals surface area contributed by atoms with Gasteiger partial charge in [-0.1, -0.05) is 11.6 Å². The number of halogens is 1. The summed E-state index contributed by atoms with van der Waals surface area (Å²) in [6.07, 6.45) is 9.76. The highest BCUT2D eigenvalue weighted by Gasteiger charge is 2.25. The number of rotatable bonds is 5. The summed E-state index contributed by atoms with van der Waals surface area (Å²) < 4.78 is 1.92. The number of aromatic nitrogens is 4. The van der Waals surface area contributed by atoms with Crippen LogP contribution in [0.15, 0.2) is 24.9 Å². The lowest BCUT2D eigenvalue weighted by Crippen LogP contribution is -2.39. The molecule has 0 spiro atoms. The Morgan fingerprint density at radius 2 is 2.04 bits per heavy atom. The van der Waals surface area contributed by atoms with Crippen molar-refractivity contribution in [2.75, 3.05) is 13.1 Å². The molecule has 0 aliphatic carbocycles. The van der Waals surface area contributed by atoms with Crippen LogP contribution in [0.5, 0.6) is 0 Å². The molecule has 2 aromatic heterocycles. The first kappa shape index (κ1) is 18.8. The molecular formula is C18H25ClN6O. The van der Waals surface area contributed by atoms with Gasteiger partial charge in [-0.15, -0.1) is 0 Å². The molecule has 2 aromatic rings. The van der Waals surface area contributed by atoms with Gasteiger partial charge in [0.2, 0.25) is 5.91 Å². The molecule has 1 aliphatic heterocycles. The van der Waals surface area contributed by atoms with Crippen molar-refractivity contribution in [2.45, 2.75) is 45.3 Å². The average Bonchev–Trinajstić information content (AvgIpc) is 2.83. The van der Waals surface area contributed by atoms with Crippen molar-refractivity contribution in [2.24, 2.45) is 7.05 Å². The van der Waals surface area contributed by atoms with E-state index in [0.717, 1.165) is 50.3 Å². The second kappa shape index (κ2) is 8.60. The molecule has 1 aliphatic rings. The van der Waals surface area contributed by atoms with E-state index in [1.807, 2.05) is 16.5 Å². The van der Waals surface area contributed by atoms with Crippen LogP contribution in [0.1, 0.15) is 37.6 Å². The van der Waals surface area contributed by atoms with Crippen LogP contribution < -0.4 is 0 Å². The predicted molar refractivity (Wildman–Crippen MR) is 99.4 cm³/mol. The van der Waals surface area contributed by atoms with Crippen LogP contribution in [-0.2, 0) is 24.9 Å². The summed E-state index contributed by atoms with van der Waals surface area (Å²) in [5, 5.41) is 0.653. The van der Waals surface area contributed by atoms with Gasteiger partial charge in [0, 0.05) is 51.1 Å². The van der Waals surface area contributed by atoms with Gasteiger partial charge < -0.3 is 9.47 Å². The van der Waals surface area contributed by atoms with Crippen molar-refractivity contribution in [3.63, 3.8) is 0 Å². The van der Waals surface area contributed by atoms with Crippen LogP contribution in [0.3, 0.4) is 0 Å². The Labute approximate surface area is 159 Å². The molecule has 0 unspecified atom stereocenters. The maximum Gasteiger partial charge on any atom is 0.219 e. The van der Waals surface area contributed by atoms with Crippen molar-refractivity contribution in [1.82, 2.24) is 29.3 Å². The standard InChI is InChI=1S/C18H25ClN6O/c1-14(26)25(11-15-8-20-13-21-9-15)16-4-3-6-24(7-5-16)12-18-22-10-17(19)23(18)2/h8-10,13,16H,3-7,11-12H2,1-2H3/t16-/m0/s1. The van der Waals surface area contributed by atoms with Gasteiger partial charge in [0.25, 0.3) is 0 Å².